The molecule has 2 saturated heterocycles. The maximum Gasteiger partial charge on any atom is 0.225 e. The van der Waals surface area contributed by atoms with E-state index in [1.54, 1.807) is 0 Å². The van der Waals surface area contributed by atoms with Crippen LogP contribution in [0.15, 0.2) is 18.2 Å². The Morgan fingerprint density at radius 3 is 3.00 bits per heavy atom. The summed E-state index contributed by atoms with van der Waals surface area (Å²) in [6.07, 6.45) is 4.61. The van der Waals surface area contributed by atoms with Crippen LogP contribution in [0.25, 0.3) is 0 Å². The fourth-order valence-corrected chi connectivity index (χ4v) is 4.28. The summed E-state index contributed by atoms with van der Waals surface area (Å²) < 4.78 is 11.8. The number of nitrogens with zero attached hydrogens (tertiary/aromatic N) is 2. The molecule has 0 spiro atoms. The number of pyridine rings is 1. The quantitative estimate of drug-likeness (QED) is 0.744. The van der Waals surface area contributed by atoms with Gasteiger partial charge in [-0.15, -0.1) is 0 Å². The average molecular weight is 344 g/mol. The third-order valence-corrected chi connectivity index (χ3v) is 6.03. The van der Waals surface area contributed by atoms with E-state index in [1.807, 2.05) is 25.1 Å². The van der Waals surface area contributed by atoms with Gasteiger partial charge < -0.3 is 14.4 Å². The van der Waals surface area contributed by atoms with E-state index in [0.29, 0.717) is 30.3 Å². The van der Waals surface area contributed by atoms with Crippen LogP contribution in [-0.4, -0.2) is 48.2 Å². The molecule has 25 heavy (non-hydrogen) atoms. The van der Waals surface area contributed by atoms with Gasteiger partial charge in [0.1, 0.15) is 0 Å². The summed E-state index contributed by atoms with van der Waals surface area (Å²) >= 11 is 0. The molecule has 0 radical (unpaired) electrons. The predicted molar refractivity (Wildman–Crippen MR) is 93.9 cm³/mol. The highest BCUT2D eigenvalue weighted by molar-refractivity contribution is 5.80. The van der Waals surface area contributed by atoms with Crippen LogP contribution in [0.5, 0.6) is 0 Å². The lowest BCUT2D eigenvalue weighted by Gasteiger charge is -2.29. The summed E-state index contributed by atoms with van der Waals surface area (Å²) in [7, 11) is 0. The minimum Gasteiger partial charge on any atom is -0.376 e. The number of hydrogen-bond donors (Lipinski definition) is 0. The minimum absolute atomic E-state index is 0.243. The van der Waals surface area contributed by atoms with E-state index in [4.69, 9.17) is 9.47 Å². The maximum atomic E-state index is 12.4. The molecule has 0 bridgehead atoms. The van der Waals surface area contributed by atoms with Gasteiger partial charge in [-0.3, -0.25) is 9.78 Å². The van der Waals surface area contributed by atoms with Crippen molar-refractivity contribution in [1.29, 1.82) is 0 Å². The molecule has 0 aromatic carbocycles. The highest BCUT2D eigenvalue weighted by atomic mass is 16.5. The van der Waals surface area contributed by atoms with Crippen molar-refractivity contribution in [2.24, 2.45) is 17.8 Å². The van der Waals surface area contributed by atoms with E-state index in [0.717, 1.165) is 57.0 Å². The number of aromatic nitrogens is 1. The van der Waals surface area contributed by atoms with Gasteiger partial charge in [0.05, 0.1) is 25.0 Å². The third kappa shape index (κ3) is 3.72. The van der Waals surface area contributed by atoms with Gasteiger partial charge in [0.25, 0.3) is 0 Å². The summed E-state index contributed by atoms with van der Waals surface area (Å²) in [5.74, 6) is 1.66. The second-order valence-corrected chi connectivity index (χ2v) is 7.78. The number of amides is 1. The molecule has 4 rings (SSSR count). The zero-order valence-electron chi connectivity index (χ0n) is 15.0. The van der Waals surface area contributed by atoms with E-state index >= 15 is 0 Å². The van der Waals surface area contributed by atoms with Crippen LogP contribution in [0.1, 0.15) is 37.1 Å². The molecule has 3 atom stereocenters. The van der Waals surface area contributed by atoms with Crippen LogP contribution in [0.4, 0.5) is 0 Å². The predicted octanol–water partition coefficient (Wildman–Crippen LogP) is 2.57. The van der Waals surface area contributed by atoms with Crippen molar-refractivity contribution < 1.29 is 14.3 Å². The molecule has 3 heterocycles. The molecule has 0 N–H and O–H groups in total. The van der Waals surface area contributed by atoms with Crippen molar-refractivity contribution in [2.75, 3.05) is 26.3 Å². The molecule has 5 nitrogen and oxygen atoms in total. The number of hydrogen-bond acceptors (Lipinski definition) is 4. The summed E-state index contributed by atoms with van der Waals surface area (Å²) in [5, 5.41) is 0. The highest BCUT2D eigenvalue weighted by Crippen LogP contribution is 2.37. The minimum atomic E-state index is 0.243. The molecule has 1 aliphatic carbocycles. The summed E-state index contributed by atoms with van der Waals surface area (Å²) in [5.41, 5.74) is 2.01. The monoisotopic (exact) mass is 344 g/mol. The molecular weight excluding hydrogens is 316 g/mol. The Labute approximate surface area is 149 Å². The lowest BCUT2D eigenvalue weighted by molar-refractivity contribution is -0.137. The molecule has 3 aliphatic rings. The van der Waals surface area contributed by atoms with Gasteiger partial charge in [0, 0.05) is 37.2 Å². The molecule has 0 unspecified atom stereocenters. The molecule has 1 amide bonds. The van der Waals surface area contributed by atoms with E-state index in [-0.39, 0.29) is 6.10 Å². The fourth-order valence-electron chi connectivity index (χ4n) is 4.28. The van der Waals surface area contributed by atoms with Crippen LogP contribution in [0.3, 0.4) is 0 Å². The van der Waals surface area contributed by atoms with Crippen LogP contribution in [0, 0.1) is 24.7 Å². The Hall–Kier alpha value is -1.46. The maximum absolute atomic E-state index is 12.4. The van der Waals surface area contributed by atoms with Crippen molar-refractivity contribution in [2.45, 2.75) is 45.3 Å². The van der Waals surface area contributed by atoms with E-state index in [2.05, 4.69) is 9.88 Å². The lowest BCUT2D eigenvalue weighted by Crippen LogP contribution is -2.38. The molecule has 1 aromatic rings. The molecule has 136 valence electrons. The van der Waals surface area contributed by atoms with Crippen molar-refractivity contribution >= 4 is 5.91 Å². The summed E-state index contributed by atoms with van der Waals surface area (Å²) in [4.78, 5) is 19.0. The second kappa shape index (κ2) is 7.42. The van der Waals surface area contributed by atoms with Gasteiger partial charge in [0.2, 0.25) is 5.91 Å². The van der Waals surface area contributed by atoms with Gasteiger partial charge in [-0.1, -0.05) is 12.5 Å². The van der Waals surface area contributed by atoms with Crippen LogP contribution in [0.2, 0.25) is 0 Å². The van der Waals surface area contributed by atoms with Crippen molar-refractivity contribution in [3.63, 3.8) is 0 Å². The molecule has 3 fully saturated rings. The Bertz CT molecular complexity index is 617. The lowest BCUT2D eigenvalue weighted by atomic mass is 9.84. The Morgan fingerprint density at radius 2 is 2.24 bits per heavy atom. The van der Waals surface area contributed by atoms with Gasteiger partial charge in [0.15, 0.2) is 0 Å². The number of aryl methyl sites for hydroxylation is 1. The topological polar surface area (TPSA) is 51.7 Å². The zero-order valence-corrected chi connectivity index (χ0v) is 15.0. The van der Waals surface area contributed by atoms with Crippen LogP contribution >= 0.6 is 0 Å². The SMILES string of the molecule is Cc1cccc(COCC[C@H]2CO[C@H]3CN(C(=O)C4CCC4)C[C@@H]23)n1. The summed E-state index contributed by atoms with van der Waals surface area (Å²) in [6.45, 7) is 5.77. The van der Waals surface area contributed by atoms with Crippen LogP contribution < -0.4 is 0 Å². The van der Waals surface area contributed by atoms with E-state index < -0.39 is 0 Å². The number of fused-ring (bicyclic) bond motifs is 1. The molecular formula is C20H28N2O3. The molecule has 1 saturated carbocycles. The van der Waals surface area contributed by atoms with Crippen molar-refractivity contribution in [3.8, 4) is 0 Å². The third-order valence-electron chi connectivity index (χ3n) is 6.03. The first kappa shape index (κ1) is 17.0. The number of carbonyl (C=O) groups is 1. The normalized spacial score (nSPS) is 28.8. The van der Waals surface area contributed by atoms with E-state index in [9.17, 15) is 4.79 Å². The number of ether oxygens (including phenoxy) is 2. The standard InChI is InChI=1S/C20H28N2O3/c1-14-4-2-7-17(21-14)13-24-9-8-16-12-25-19-11-22(10-18(16)19)20(23)15-5-3-6-15/h2,4,7,15-16,18-19H,3,5-6,8-13H2,1H3/t16-,18-,19-/m0/s1. The van der Waals surface area contributed by atoms with Crippen molar-refractivity contribution in [3.05, 3.63) is 29.6 Å². The van der Waals surface area contributed by atoms with Gasteiger partial charge in [-0.05, 0) is 44.2 Å². The van der Waals surface area contributed by atoms with Crippen molar-refractivity contribution in [1.82, 2.24) is 9.88 Å². The highest BCUT2D eigenvalue weighted by Gasteiger charge is 2.46. The number of carbonyl (C=O) groups excluding carboxylic acids is 1. The molecule has 1 aromatic heterocycles. The first-order valence-electron chi connectivity index (χ1n) is 9.61. The van der Waals surface area contributed by atoms with Gasteiger partial charge in [-0.25, -0.2) is 0 Å². The first-order valence-corrected chi connectivity index (χ1v) is 9.61. The fraction of sp³-hybridized carbons (Fsp3) is 0.700. The number of likely N-dealkylation sites (tertiary alicyclic amines) is 1. The zero-order chi connectivity index (χ0) is 17.2. The first-order chi connectivity index (χ1) is 12.2. The number of rotatable bonds is 6. The molecule has 5 heteroatoms. The van der Waals surface area contributed by atoms with Gasteiger partial charge >= 0.3 is 0 Å². The van der Waals surface area contributed by atoms with Crippen LogP contribution in [-0.2, 0) is 20.9 Å². The molecule has 2 aliphatic heterocycles. The second-order valence-electron chi connectivity index (χ2n) is 7.78. The largest absolute Gasteiger partial charge is 0.376 e. The van der Waals surface area contributed by atoms with Gasteiger partial charge in [-0.2, -0.15) is 0 Å². The van der Waals surface area contributed by atoms with E-state index in [1.165, 1.54) is 6.42 Å². The Kier molecular flexibility index (Phi) is 5.04. The Morgan fingerprint density at radius 1 is 1.36 bits per heavy atom. The smallest absolute Gasteiger partial charge is 0.225 e. The average Bonchev–Trinajstić information content (AvgIpc) is 3.11. The summed E-state index contributed by atoms with van der Waals surface area (Å²) in [6, 6.07) is 6.02. The Balaban J connectivity index is 1.22.